The maximum atomic E-state index is 14.8. The quantitative estimate of drug-likeness (QED) is 0.225. The molecule has 0 aliphatic heterocycles. The van der Waals surface area contributed by atoms with Gasteiger partial charge in [0.05, 0.1) is 26.8 Å². The highest BCUT2D eigenvalue weighted by Crippen LogP contribution is 2.44. The Morgan fingerprint density at radius 1 is 0.469 bits per heavy atom. The van der Waals surface area contributed by atoms with Crippen molar-refractivity contribution in [2.24, 2.45) is 0 Å². The summed E-state index contributed by atoms with van der Waals surface area (Å²) >= 11 is 3.07. The Morgan fingerprint density at radius 3 is 1.31 bits per heavy atom. The van der Waals surface area contributed by atoms with Crippen LogP contribution in [0.1, 0.15) is 0 Å². The van der Waals surface area contributed by atoms with Gasteiger partial charge in [-0.15, -0.1) is 25.8 Å². The molecule has 0 spiro atoms. The van der Waals surface area contributed by atoms with Crippen LogP contribution < -0.4 is 4.74 Å². The van der Waals surface area contributed by atoms with Gasteiger partial charge in [-0.05, 0) is 0 Å². The van der Waals surface area contributed by atoms with Crippen molar-refractivity contribution in [3.8, 4) is 16.9 Å². The fraction of sp³-hybridized carbons (Fsp3) is 0.0588. The third-order valence-electron chi connectivity index (χ3n) is 4.06. The predicted molar refractivity (Wildman–Crippen MR) is 82.9 cm³/mol. The maximum absolute atomic E-state index is 14.8. The molecule has 15 heteroatoms. The first-order chi connectivity index (χ1) is 14.6. The summed E-state index contributed by atoms with van der Waals surface area (Å²) in [5.41, 5.74) is -4.64. The monoisotopic (exact) mass is 500 g/mol. The van der Waals surface area contributed by atoms with Gasteiger partial charge in [-0.1, -0.05) is 0 Å². The van der Waals surface area contributed by atoms with E-state index < -0.39 is 97.1 Å². The molecular formula is C17HF13OS. The third kappa shape index (κ3) is 3.38. The molecule has 0 heterocycles. The Bertz CT molecular complexity index is 1270. The van der Waals surface area contributed by atoms with Crippen molar-refractivity contribution in [2.45, 2.75) is 11.3 Å². The van der Waals surface area contributed by atoms with Crippen LogP contribution >= 0.6 is 12.6 Å². The van der Waals surface area contributed by atoms with Crippen LogP contribution in [0.2, 0.25) is 0 Å². The van der Waals surface area contributed by atoms with Crippen LogP contribution in [0.4, 0.5) is 57.1 Å². The van der Waals surface area contributed by atoms with Gasteiger partial charge in [0, 0.05) is 0 Å². The molecule has 0 aliphatic rings. The van der Waals surface area contributed by atoms with Crippen LogP contribution in [0, 0.1) is 58.2 Å². The molecule has 0 unspecified atom stereocenters. The number of thiol groups is 1. The Hall–Kier alpha value is -2.84. The summed E-state index contributed by atoms with van der Waals surface area (Å²) in [5, 5.41) is -4.55. The summed E-state index contributed by atoms with van der Waals surface area (Å²) in [6.45, 7) is 0. The second kappa shape index (κ2) is 7.64. The van der Waals surface area contributed by atoms with Gasteiger partial charge in [-0.25, -0.2) is 39.5 Å². The molecule has 172 valence electrons. The van der Waals surface area contributed by atoms with E-state index in [-0.39, 0.29) is 0 Å². The van der Waals surface area contributed by atoms with Gasteiger partial charge in [0.1, 0.15) is 5.82 Å². The Labute approximate surface area is 172 Å². The van der Waals surface area contributed by atoms with Crippen molar-refractivity contribution >= 4 is 23.4 Å². The summed E-state index contributed by atoms with van der Waals surface area (Å²) in [7, 11) is 0. The molecule has 0 saturated heterocycles. The molecule has 3 rings (SSSR count). The molecule has 0 atom stereocenters. The highest BCUT2D eigenvalue weighted by atomic mass is 32.1. The van der Waals surface area contributed by atoms with E-state index >= 15 is 0 Å². The van der Waals surface area contributed by atoms with E-state index in [1.54, 1.807) is 0 Å². The zero-order chi connectivity index (χ0) is 24.4. The Balaban J connectivity index is 2.56. The molecule has 0 aliphatic carbocycles. The lowest BCUT2D eigenvalue weighted by Crippen LogP contribution is -2.20. The number of hydrogen-bond donors (Lipinski definition) is 1. The Morgan fingerprint density at radius 2 is 0.844 bits per heavy atom. The minimum atomic E-state index is -5.87. The van der Waals surface area contributed by atoms with Crippen LogP contribution in [-0.4, -0.2) is 6.36 Å². The van der Waals surface area contributed by atoms with E-state index in [1.807, 2.05) is 0 Å². The molecule has 3 aromatic rings. The number of halogens is 13. The van der Waals surface area contributed by atoms with Gasteiger partial charge in [-0.2, -0.15) is 4.39 Å². The lowest BCUT2D eigenvalue weighted by atomic mass is 9.96. The zero-order valence-corrected chi connectivity index (χ0v) is 15.2. The van der Waals surface area contributed by atoms with E-state index in [4.69, 9.17) is 0 Å². The second-order valence-electron chi connectivity index (χ2n) is 5.87. The number of ether oxygens (including phenoxy) is 1. The van der Waals surface area contributed by atoms with Crippen molar-refractivity contribution in [2.75, 3.05) is 0 Å². The molecule has 0 radical (unpaired) electrons. The van der Waals surface area contributed by atoms with Gasteiger partial charge in [0.15, 0.2) is 46.5 Å². The van der Waals surface area contributed by atoms with Crippen LogP contribution in [0.3, 0.4) is 0 Å². The first-order valence-corrected chi connectivity index (χ1v) is 8.04. The van der Waals surface area contributed by atoms with Crippen molar-refractivity contribution < 1.29 is 61.8 Å². The van der Waals surface area contributed by atoms with Gasteiger partial charge in [0.25, 0.3) is 0 Å². The standard InChI is InChI=1S/C17HF13OS/c18-5-1(3-9(22)13(26)16(32)14(27)10(3)23)6(19)7(20)4-2(5)8(21)12(25)15(11(4)24)31-17(28,29)30/h32H. The Kier molecular flexibility index (Phi) is 5.68. The SMILES string of the molecule is Fc1c(F)c(-c2c(F)c(F)c3c(F)c(OC(F)(F)F)c(F)c(F)c3c2F)c(F)c(F)c1S. The number of hydrogen-bond acceptors (Lipinski definition) is 2. The fourth-order valence-corrected chi connectivity index (χ4v) is 2.95. The van der Waals surface area contributed by atoms with Crippen LogP contribution in [0.5, 0.6) is 5.75 Å². The maximum Gasteiger partial charge on any atom is 0.573 e. The van der Waals surface area contributed by atoms with Crippen LogP contribution in [-0.2, 0) is 0 Å². The van der Waals surface area contributed by atoms with E-state index in [2.05, 4.69) is 17.4 Å². The van der Waals surface area contributed by atoms with Gasteiger partial charge in [-0.3, -0.25) is 0 Å². The highest BCUT2D eigenvalue weighted by Gasteiger charge is 2.39. The average molecular weight is 500 g/mol. The average Bonchev–Trinajstić information content (AvgIpc) is 2.70. The molecule has 0 bridgehead atoms. The lowest BCUT2D eigenvalue weighted by Gasteiger charge is -2.17. The van der Waals surface area contributed by atoms with Crippen molar-refractivity contribution in [1.29, 1.82) is 0 Å². The summed E-state index contributed by atoms with van der Waals surface area (Å²) in [5.74, 6) is -29.1. The van der Waals surface area contributed by atoms with E-state index in [0.29, 0.717) is 0 Å². The smallest absolute Gasteiger partial charge is 0.399 e. The molecule has 0 aromatic heterocycles. The van der Waals surface area contributed by atoms with E-state index in [0.717, 1.165) is 0 Å². The predicted octanol–water partition coefficient (Wildman–Crippen LogP) is 7.09. The van der Waals surface area contributed by atoms with Crippen molar-refractivity contribution in [3.05, 3.63) is 58.2 Å². The largest absolute Gasteiger partial charge is 0.573 e. The minimum absolute atomic E-state index is 1.61. The summed E-state index contributed by atoms with van der Waals surface area (Å²) in [6.07, 6.45) is -5.87. The highest BCUT2D eigenvalue weighted by molar-refractivity contribution is 7.80. The summed E-state index contributed by atoms with van der Waals surface area (Å²) < 4.78 is 181. The van der Waals surface area contributed by atoms with Gasteiger partial charge in [0.2, 0.25) is 11.6 Å². The van der Waals surface area contributed by atoms with Crippen LogP contribution in [0.25, 0.3) is 21.9 Å². The molecule has 0 fully saturated rings. The normalized spacial score (nSPS) is 12.1. The minimum Gasteiger partial charge on any atom is -0.399 e. The van der Waals surface area contributed by atoms with Gasteiger partial charge >= 0.3 is 6.36 Å². The summed E-state index contributed by atoms with van der Waals surface area (Å²) in [6, 6.07) is 0. The van der Waals surface area contributed by atoms with E-state index in [9.17, 15) is 57.1 Å². The number of fused-ring (bicyclic) bond motifs is 1. The molecular weight excluding hydrogens is 499 g/mol. The molecule has 0 N–H and O–H groups in total. The number of rotatable bonds is 2. The lowest BCUT2D eigenvalue weighted by molar-refractivity contribution is -0.276. The molecule has 0 saturated carbocycles. The summed E-state index contributed by atoms with van der Waals surface area (Å²) in [4.78, 5) is -1.61. The number of benzene rings is 3. The number of alkyl halides is 3. The zero-order valence-electron chi connectivity index (χ0n) is 14.3. The fourth-order valence-electron chi connectivity index (χ4n) is 2.76. The molecule has 0 amide bonds. The molecule has 32 heavy (non-hydrogen) atoms. The van der Waals surface area contributed by atoms with Crippen molar-refractivity contribution in [3.63, 3.8) is 0 Å². The first kappa shape index (κ1) is 23.8. The van der Waals surface area contributed by atoms with E-state index in [1.165, 1.54) is 0 Å². The second-order valence-corrected chi connectivity index (χ2v) is 6.31. The van der Waals surface area contributed by atoms with Crippen LogP contribution in [0.15, 0.2) is 4.90 Å². The molecule has 3 aromatic carbocycles. The molecule has 1 nitrogen and oxygen atoms in total. The topological polar surface area (TPSA) is 9.23 Å². The third-order valence-corrected chi connectivity index (χ3v) is 4.45. The van der Waals surface area contributed by atoms with Gasteiger partial charge < -0.3 is 4.74 Å². The van der Waals surface area contributed by atoms with Crippen molar-refractivity contribution in [1.82, 2.24) is 0 Å². The first-order valence-electron chi connectivity index (χ1n) is 7.59.